The molecule has 27 heavy (non-hydrogen) atoms. The zero-order chi connectivity index (χ0) is 20.0. The molecular weight excluding hydrogens is 434 g/mol. The van der Waals surface area contributed by atoms with E-state index in [2.05, 4.69) is 15.9 Å². The summed E-state index contributed by atoms with van der Waals surface area (Å²) >= 11 is 3.22. The van der Waals surface area contributed by atoms with Crippen LogP contribution in [0.1, 0.15) is 34.6 Å². The Labute approximate surface area is 167 Å². The largest absolute Gasteiger partial charge is 0.454 e. The van der Waals surface area contributed by atoms with Gasteiger partial charge in [-0.3, -0.25) is 4.79 Å². The molecule has 6 nitrogen and oxygen atoms in total. The van der Waals surface area contributed by atoms with E-state index in [0.717, 1.165) is 0 Å². The fourth-order valence-corrected chi connectivity index (χ4v) is 4.86. The fraction of sp³-hybridized carbons (Fsp3) is 0.263. The maximum Gasteiger partial charge on any atom is 0.338 e. The van der Waals surface area contributed by atoms with Crippen LogP contribution in [-0.2, 0) is 14.8 Å². The third-order valence-corrected chi connectivity index (χ3v) is 6.96. The third kappa shape index (κ3) is 5.03. The number of nitrogens with zero attached hydrogens (tertiary/aromatic N) is 1. The van der Waals surface area contributed by atoms with Gasteiger partial charge in [-0.15, -0.1) is 0 Å². The number of carbonyl (C=O) groups excluding carboxylic acids is 2. The van der Waals surface area contributed by atoms with E-state index in [0.29, 0.717) is 23.1 Å². The maximum atomic E-state index is 12.7. The quantitative estimate of drug-likeness (QED) is 0.451. The van der Waals surface area contributed by atoms with Crippen LogP contribution >= 0.6 is 15.9 Å². The van der Waals surface area contributed by atoms with Gasteiger partial charge in [0, 0.05) is 23.1 Å². The van der Waals surface area contributed by atoms with Crippen LogP contribution in [0.15, 0.2) is 57.9 Å². The molecule has 0 radical (unpaired) electrons. The van der Waals surface area contributed by atoms with Gasteiger partial charge in [-0.1, -0.05) is 44.2 Å². The zero-order valence-electron chi connectivity index (χ0n) is 15.0. The van der Waals surface area contributed by atoms with Gasteiger partial charge >= 0.3 is 5.97 Å². The van der Waals surface area contributed by atoms with Crippen molar-refractivity contribution in [3.05, 3.63) is 64.1 Å². The van der Waals surface area contributed by atoms with E-state index in [1.807, 2.05) is 0 Å². The van der Waals surface area contributed by atoms with Crippen LogP contribution in [0.3, 0.4) is 0 Å². The molecule has 0 aliphatic rings. The summed E-state index contributed by atoms with van der Waals surface area (Å²) in [5.74, 6) is -1.10. The molecule has 0 heterocycles. The second kappa shape index (κ2) is 9.25. The standard InChI is InChI=1S/C19H20BrNO5S/c1-3-21(4-2)27(24,25)18-12-15(10-11-16(18)20)19(23)26-13-17(22)14-8-6-5-7-9-14/h5-12H,3-4,13H2,1-2H3. The van der Waals surface area contributed by atoms with Gasteiger partial charge in [0.25, 0.3) is 0 Å². The van der Waals surface area contributed by atoms with Crippen molar-refractivity contribution in [2.24, 2.45) is 0 Å². The van der Waals surface area contributed by atoms with Gasteiger partial charge in [-0.2, -0.15) is 4.31 Å². The van der Waals surface area contributed by atoms with E-state index in [4.69, 9.17) is 4.74 Å². The van der Waals surface area contributed by atoms with Gasteiger partial charge in [0.05, 0.1) is 10.5 Å². The lowest BCUT2D eigenvalue weighted by molar-refractivity contribution is 0.0474. The topological polar surface area (TPSA) is 80.8 Å². The summed E-state index contributed by atoms with van der Waals surface area (Å²) in [7, 11) is -3.75. The smallest absolute Gasteiger partial charge is 0.338 e. The van der Waals surface area contributed by atoms with Crippen molar-refractivity contribution in [2.75, 3.05) is 19.7 Å². The number of esters is 1. The van der Waals surface area contributed by atoms with E-state index in [9.17, 15) is 18.0 Å². The molecule has 0 aliphatic carbocycles. The predicted molar refractivity (Wildman–Crippen MR) is 105 cm³/mol. The Kier molecular flexibility index (Phi) is 7.29. The molecule has 0 fully saturated rings. The first kappa shape index (κ1) is 21.3. The average Bonchev–Trinajstić information content (AvgIpc) is 2.67. The Bertz CT molecular complexity index is 924. The number of halogens is 1. The molecule has 0 saturated heterocycles. The number of rotatable bonds is 8. The van der Waals surface area contributed by atoms with Crippen molar-refractivity contribution >= 4 is 37.7 Å². The number of ether oxygens (including phenoxy) is 1. The van der Waals surface area contributed by atoms with Crippen LogP contribution in [0.25, 0.3) is 0 Å². The Balaban J connectivity index is 2.19. The van der Waals surface area contributed by atoms with Crippen LogP contribution in [0, 0.1) is 0 Å². The molecule has 0 unspecified atom stereocenters. The fourth-order valence-electron chi connectivity index (χ4n) is 2.45. The lowest BCUT2D eigenvalue weighted by Gasteiger charge is -2.19. The van der Waals surface area contributed by atoms with Gasteiger partial charge in [0.1, 0.15) is 0 Å². The Hall–Kier alpha value is -2.03. The highest BCUT2D eigenvalue weighted by molar-refractivity contribution is 9.10. The number of sulfonamides is 1. The zero-order valence-corrected chi connectivity index (χ0v) is 17.4. The van der Waals surface area contributed by atoms with Crippen molar-refractivity contribution in [1.82, 2.24) is 4.31 Å². The van der Waals surface area contributed by atoms with Crippen LogP contribution in [-0.4, -0.2) is 44.2 Å². The normalized spacial score (nSPS) is 11.4. The third-order valence-electron chi connectivity index (χ3n) is 3.92. The summed E-state index contributed by atoms with van der Waals surface area (Å²) in [5, 5.41) is 0. The van der Waals surface area contributed by atoms with Crippen LogP contribution < -0.4 is 0 Å². The second-order valence-electron chi connectivity index (χ2n) is 5.60. The lowest BCUT2D eigenvalue weighted by Crippen LogP contribution is -2.31. The minimum Gasteiger partial charge on any atom is -0.454 e. The maximum absolute atomic E-state index is 12.7. The summed E-state index contributed by atoms with van der Waals surface area (Å²) in [6.07, 6.45) is 0. The summed E-state index contributed by atoms with van der Waals surface area (Å²) < 4.78 is 32.2. The van der Waals surface area contributed by atoms with Crippen molar-refractivity contribution in [3.8, 4) is 0 Å². The van der Waals surface area contributed by atoms with Crippen molar-refractivity contribution in [2.45, 2.75) is 18.7 Å². The van der Waals surface area contributed by atoms with Gasteiger partial charge in [-0.25, -0.2) is 13.2 Å². The van der Waals surface area contributed by atoms with E-state index in [1.165, 1.54) is 22.5 Å². The SMILES string of the molecule is CCN(CC)S(=O)(=O)c1cc(C(=O)OCC(=O)c2ccccc2)ccc1Br. The molecule has 0 saturated carbocycles. The van der Waals surface area contributed by atoms with Gasteiger partial charge in [0.15, 0.2) is 12.4 Å². The number of hydrogen-bond donors (Lipinski definition) is 0. The number of Topliss-reactive ketones (excluding diaryl/α,β-unsaturated/α-hetero) is 1. The highest BCUT2D eigenvalue weighted by atomic mass is 79.9. The van der Waals surface area contributed by atoms with Crippen LogP contribution in [0.5, 0.6) is 0 Å². The Morgan fingerprint density at radius 1 is 1.00 bits per heavy atom. The highest BCUT2D eigenvalue weighted by Crippen LogP contribution is 2.26. The first-order valence-corrected chi connectivity index (χ1v) is 10.6. The minimum atomic E-state index is -3.75. The van der Waals surface area contributed by atoms with Gasteiger partial charge < -0.3 is 4.74 Å². The van der Waals surface area contributed by atoms with E-state index in [-0.39, 0.29) is 16.2 Å². The number of ketones is 1. The summed E-state index contributed by atoms with van der Waals surface area (Å²) in [5.41, 5.74) is 0.496. The molecule has 0 atom stereocenters. The molecule has 0 amide bonds. The van der Waals surface area contributed by atoms with E-state index >= 15 is 0 Å². The first-order valence-electron chi connectivity index (χ1n) is 8.36. The molecule has 0 spiro atoms. The predicted octanol–water partition coefficient (Wildman–Crippen LogP) is 3.52. The van der Waals surface area contributed by atoms with Gasteiger partial charge in [-0.05, 0) is 34.1 Å². The lowest BCUT2D eigenvalue weighted by atomic mass is 10.1. The van der Waals surface area contributed by atoms with E-state index in [1.54, 1.807) is 44.2 Å². The minimum absolute atomic E-state index is 0.0185. The molecule has 0 bridgehead atoms. The monoisotopic (exact) mass is 453 g/mol. The highest BCUT2D eigenvalue weighted by Gasteiger charge is 2.25. The summed E-state index contributed by atoms with van der Waals surface area (Å²) in [6.45, 7) is 3.68. The Morgan fingerprint density at radius 3 is 2.22 bits per heavy atom. The number of carbonyl (C=O) groups is 2. The van der Waals surface area contributed by atoms with Gasteiger partial charge in [0.2, 0.25) is 10.0 Å². The molecule has 2 aromatic rings. The van der Waals surface area contributed by atoms with Crippen molar-refractivity contribution in [1.29, 1.82) is 0 Å². The number of hydrogen-bond acceptors (Lipinski definition) is 5. The average molecular weight is 454 g/mol. The first-order chi connectivity index (χ1) is 12.8. The Morgan fingerprint density at radius 2 is 1.63 bits per heavy atom. The molecule has 0 N–H and O–H groups in total. The molecule has 0 aliphatic heterocycles. The molecular formula is C19H20BrNO5S. The number of benzene rings is 2. The summed E-state index contributed by atoms with van der Waals surface area (Å²) in [6, 6.07) is 12.7. The molecule has 144 valence electrons. The van der Waals surface area contributed by atoms with Crippen LogP contribution in [0.4, 0.5) is 0 Å². The molecule has 8 heteroatoms. The molecule has 0 aromatic heterocycles. The molecule has 2 aromatic carbocycles. The van der Waals surface area contributed by atoms with E-state index < -0.39 is 22.6 Å². The van der Waals surface area contributed by atoms with Crippen LogP contribution in [0.2, 0.25) is 0 Å². The van der Waals surface area contributed by atoms with Crippen molar-refractivity contribution < 1.29 is 22.7 Å². The second-order valence-corrected chi connectivity index (χ2v) is 8.36. The van der Waals surface area contributed by atoms with Crippen molar-refractivity contribution in [3.63, 3.8) is 0 Å². The summed E-state index contributed by atoms with van der Waals surface area (Å²) in [4.78, 5) is 24.3. The molecule has 2 rings (SSSR count).